The summed E-state index contributed by atoms with van der Waals surface area (Å²) in [5, 5.41) is 5.37. The van der Waals surface area contributed by atoms with E-state index in [4.69, 9.17) is 9.47 Å². The highest BCUT2D eigenvalue weighted by atomic mass is 16.5. The summed E-state index contributed by atoms with van der Waals surface area (Å²) in [4.78, 5) is 19.0. The Balaban J connectivity index is 1.46. The van der Waals surface area contributed by atoms with E-state index in [1.165, 1.54) is 0 Å². The van der Waals surface area contributed by atoms with Crippen LogP contribution in [-0.2, 0) is 0 Å². The molecule has 2 amide bonds. The van der Waals surface area contributed by atoms with Crippen molar-refractivity contribution in [2.45, 2.75) is 6.92 Å². The molecule has 0 aliphatic heterocycles. The molecule has 0 aliphatic rings. The van der Waals surface area contributed by atoms with Crippen LogP contribution in [0, 0.1) is 0 Å². The first kappa shape index (κ1) is 15.7. The summed E-state index contributed by atoms with van der Waals surface area (Å²) >= 11 is 0. The van der Waals surface area contributed by atoms with Gasteiger partial charge in [0.05, 0.1) is 24.0 Å². The Labute approximate surface area is 139 Å². The molecule has 0 spiro atoms. The van der Waals surface area contributed by atoms with Gasteiger partial charge >= 0.3 is 6.03 Å². The molecule has 1 aromatic heterocycles. The minimum Gasteiger partial charge on any atom is -0.494 e. The second-order valence-electron chi connectivity index (χ2n) is 4.96. The first-order valence-electron chi connectivity index (χ1n) is 7.58. The highest BCUT2D eigenvalue weighted by Crippen LogP contribution is 2.17. The van der Waals surface area contributed by atoms with Crippen LogP contribution in [0.2, 0.25) is 0 Å². The number of aromatic amines is 1. The lowest BCUT2D eigenvalue weighted by Crippen LogP contribution is -2.31. The largest absolute Gasteiger partial charge is 0.494 e. The van der Waals surface area contributed by atoms with Crippen molar-refractivity contribution >= 4 is 22.8 Å². The summed E-state index contributed by atoms with van der Waals surface area (Å²) in [6.45, 7) is 2.61. The lowest BCUT2D eigenvalue weighted by atomic mass is 10.3. The summed E-state index contributed by atoms with van der Waals surface area (Å²) in [5.74, 6) is 1.43. The Morgan fingerprint density at radius 2 is 1.88 bits per heavy atom. The molecule has 3 N–H and O–H groups in total. The fourth-order valence-corrected chi connectivity index (χ4v) is 2.17. The number of urea groups is 1. The SMILES string of the molecule is CCOc1ccc(OCNC(=O)Nc2ccc3nc[nH]c3c2)cc1. The average molecular weight is 326 g/mol. The lowest BCUT2D eigenvalue weighted by Gasteiger charge is -2.10. The Kier molecular flexibility index (Phi) is 4.81. The molecule has 1 heterocycles. The molecular weight excluding hydrogens is 308 g/mol. The topological polar surface area (TPSA) is 88.3 Å². The van der Waals surface area contributed by atoms with Crippen LogP contribution in [0.3, 0.4) is 0 Å². The monoisotopic (exact) mass is 326 g/mol. The Morgan fingerprint density at radius 1 is 1.12 bits per heavy atom. The Bertz CT molecular complexity index is 814. The summed E-state index contributed by atoms with van der Waals surface area (Å²) < 4.78 is 10.8. The van der Waals surface area contributed by atoms with Crippen molar-refractivity contribution in [2.75, 3.05) is 18.7 Å². The van der Waals surface area contributed by atoms with Crippen LogP contribution >= 0.6 is 0 Å². The molecule has 0 radical (unpaired) electrons. The zero-order valence-corrected chi connectivity index (χ0v) is 13.2. The fourth-order valence-electron chi connectivity index (χ4n) is 2.17. The fraction of sp³-hybridized carbons (Fsp3) is 0.176. The first-order chi connectivity index (χ1) is 11.7. The summed E-state index contributed by atoms with van der Waals surface area (Å²) in [7, 11) is 0. The molecule has 0 aliphatic carbocycles. The van der Waals surface area contributed by atoms with E-state index in [2.05, 4.69) is 20.6 Å². The van der Waals surface area contributed by atoms with E-state index in [1.807, 2.05) is 31.2 Å². The van der Waals surface area contributed by atoms with E-state index in [-0.39, 0.29) is 12.8 Å². The normalized spacial score (nSPS) is 10.4. The van der Waals surface area contributed by atoms with Gasteiger partial charge in [-0.1, -0.05) is 0 Å². The van der Waals surface area contributed by atoms with Crippen LogP contribution in [0.1, 0.15) is 6.92 Å². The van der Waals surface area contributed by atoms with Crippen LogP contribution in [0.25, 0.3) is 11.0 Å². The van der Waals surface area contributed by atoms with Gasteiger partial charge in [0.1, 0.15) is 11.5 Å². The molecular formula is C17H18N4O3. The summed E-state index contributed by atoms with van der Waals surface area (Å²) in [6, 6.07) is 12.3. The number of nitrogens with zero attached hydrogens (tertiary/aromatic N) is 1. The zero-order valence-electron chi connectivity index (χ0n) is 13.2. The highest BCUT2D eigenvalue weighted by molar-refractivity contribution is 5.91. The number of H-pyrrole nitrogens is 1. The number of anilines is 1. The Hall–Kier alpha value is -3.22. The molecule has 7 nitrogen and oxygen atoms in total. The van der Waals surface area contributed by atoms with Crippen molar-refractivity contribution in [3.05, 3.63) is 48.8 Å². The number of rotatable bonds is 6. The number of aromatic nitrogens is 2. The van der Waals surface area contributed by atoms with Crippen LogP contribution in [-0.4, -0.2) is 29.3 Å². The van der Waals surface area contributed by atoms with Crippen LogP contribution in [0.5, 0.6) is 11.5 Å². The highest BCUT2D eigenvalue weighted by Gasteiger charge is 2.03. The molecule has 0 unspecified atom stereocenters. The van der Waals surface area contributed by atoms with Crippen LogP contribution in [0.15, 0.2) is 48.8 Å². The first-order valence-corrected chi connectivity index (χ1v) is 7.58. The molecule has 7 heteroatoms. The number of hydrogen-bond donors (Lipinski definition) is 3. The number of imidazole rings is 1. The number of ether oxygens (including phenoxy) is 2. The number of benzene rings is 2. The van der Waals surface area contributed by atoms with Gasteiger partial charge in [-0.15, -0.1) is 0 Å². The van der Waals surface area contributed by atoms with Gasteiger partial charge < -0.3 is 25.1 Å². The third kappa shape index (κ3) is 3.95. The molecule has 0 atom stereocenters. The molecule has 124 valence electrons. The van der Waals surface area contributed by atoms with Crippen molar-refractivity contribution in [3.8, 4) is 11.5 Å². The number of hydrogen-bond acceptors (Lipinski definition) is 4. The summed E-state index contributed by atoms with van der Waals surface area (Å²) in [6.07, 6.45) is 1.61. The summed E-state index contributed by atoms with van der Waals surface area (Å²) in [5.41, 5.74) is 2.38. The Morgan fingerprint density at radius 3 is 2.62 bits per heavy atom. The molecule has 3 rings (SSSR count). The maximum Gasteiger partial charge on any atom is 0.321 e. The third-order valence-corrected chi connectivity index (χ3v) is 3.28. The third-order valence-electron chi connectivity index (χ3n) is 3.28. The predicted molar refractivity (Wildman–Crippen MR) is 91.4 cm³/mol. The predicted octanol–water partition coefficient (Wildman–Crippen LogP) is 3.12. The average Bonchev–Trinajstić information content (AvgIpc) is 3.04. The van der Waals surface area contributed by atoms with Gasteiger partial charge in [-0.25, -0.2) is 9.78 Å². The van der Waals surface area contributed by atoms with E-state index >= 15 is 0 Å². The smallest absolute Gasteiger partial charge is 0.321 e. The molecule has 24 heavy (non-hydrogen) atoms. The van der Waals surface area contributed by atoms with Gasteiger partial charge in [0.25, 0.3) is 0 Å². The van der Waals surface area contributed by atoms with E-state index in [9.17, 15) is 4.79 Å². The van der Waals surface area contributed by atoms with E-state index in [0.29, 0.717) is 18.0 Å². The van der Waals surface area contributed by atoms with Crippen molar-refractivity contribution in [2.24, 2.45) is 0 Å². The van der Waals surface area contributed by atoms with Crippen molar-refractivity contribution in [1.82, 2.24) is 15.3 Å². The molecule has 3 aromatic rings. The second-order valence-corrected chi connectivity index (χ2v) is 4.96. The van der Waals surface area contributed by atoms with E-state index in [1.54, 1.807) is 24.5 Å². The molecule has 0 saturated heterocycles. The van der Waals surface area contributed by atoms with Gasteiger partial charge in [-0.05, 0) is 49.4 Å². The van der Waals surface area contributed by atoms with Gasteiger partial charge in [-0.3, -0.25) is 0 Å². The second kappa shape index (κ2) is 7.36. The van der Waals surface area contributed by atoms with Gasteiger partial charge in [0.15, 0.2) is 6.73 Å². The minimum absolute atomic E-state index is 0.0616. The van der Waals surface area contributed by atoms with Crippen molar-refractivity contribution in [1.29, 1.82) is 0 Å². The standard InChI is InChI=1S/C17H18N4O3/c1-2-23-13-4-6-14(7-5-13)24-11-20-17(22)21-12-3-8-15-16(9-12)19-10-18-15/h3-10H,2,11H2,1H3,(H,18,19)(H2,20,21,22). The molecule has 2 aromatic carbocycles. The lowest BCUT2D eigenvalue weighted by molar-refractivity contribution is 0.234. The zero-order chi connectivity index (χ0) is 16.8. The van der Waals surface area contributed by atoms with E-state index in [0.717, 1.165) is 16.8 Å². The maximum atomic E-state index is 11.9. The van der Waals surface area contributed by atoms with Gasteiger partial charge in [-0.2, -0.15) is 0 Å². The maximum absolute atomic E-state index is 11.9. The van der Waals surface area contributed by atoms with Gasteiger partial charge in [0.2, 0.25) is 0 Å². The number of amides is 2. The molecule has 0 saturated carbocycles. The quantitative estimate of drug-likeness (QED) is 0.607. The van der Waals surface area contributed by atoms with Crippen LogP contribution < -0.4 is 20.1 Å². The van der Waals surface area contributed by atoms with E-state index < -0.39 is 0 Å². The molecule has 0 bridgehead atoms. The number of carbonyl (C=O) groups is 1. The van der Waals surface area contributed by atoms with Crippen molar-refractivity contribution in [3.63, 3.8) is 0 Å². The number of nitrogens with one attached hydrogen (secondary N) is 3. The van der Waals surface area contributed by atoms with Crippen LogP contribution in [0.4, 0.5) is 10.5 Å². The minimum atomic E-state index is -0.347. The number of carbonyl (C=O) groups excluding carboxylic acids is 1. The number of fused-ring (bicyclic) bond motifs is 1. The molecule has 0 fully saturated rings. The van der Waals surface area contributed by atoms with Gasteiger partial charge in [0, 0.05) is 5.69 Å². The van der Waals surface area contributed by atoms with Crippen molar-refractivity contribution < 1.29 is 14.3 Å².